The maximum absolute atomic E-state index is 12.6. The largest absolute Gasteiger partial charge is 0.478 e. The number of piperazine rings is 1. The van der Waals surface area contributed by atoms with Crippen molar-refractivity contribution in [2.24, 2.45) is 0 Å². The van der Waals surface area contributed by atoms with Crippen molar-refractivity contribution in [3.63, 3.8) is 0 Å². The van der Waals surface area contributed by atoms with Gasteiger partial charge in [-0.3, -0.25) is 14.6 Å². The number of hydrogen-bond donors (Lipinski definition) is 2. The molecular formula is C32H34N4O5S. The Bertz CT molecular complexity index is 1510. The molecular weight excluding hydrogens is 552 g/mol. The van der Waals surface area contributed by atoms with E-state index in [-0.39, 0.29) is 5.78 Å². The number of aromatic nitrogens is 2. The highest BCUT2D eigenvalue weighted by Gasteiger charge is 2.20. The maximum atomic E-state index is 12.6. The molecule has 4 aromatic rings. The molecule has 0 bridgehead atoms. The predicted octanol–water partition coefficient (Wildman–Crippen LogP) is 4.91. The number of ketones is 1. The molecule has 0 saturated carbocycles. The molecule has 1 aliphatic heterocycles. The topological polar surface area (TPSA) is 116 Å². The number of rotatable bonds is 11. The van der Waals surface area contributed by atoms with Crippen LogP contribution in [0, 0.1) is 0 Å². The first-order valence-electron chi connectivity index (χ1n) is 13.7. The summed E-state index contributed by atoms with van der Waals surface area (Å²) in [5.74, 6) is -1.26. The lowest BCUT2D eigenvalue weighted by atomic mass is 10.2. The highest BCUT2D eigenvalue weighted by atomic mass is 32.1. The molecule has 0 aliphatic carbocycles. The lowest BCUT2D eigenvalue weighted by molar-refractivity contribution is -0.134. The summed E-state index contributed by atoms with van der Waals surface area (Å²) >= 11 is 1.52. The van der Waals surface area contributed by atoms with Crippen LogP contribution in [0.4, 0.5) is 0 Å². The summed E-state index contributed by atoms with van der Waals surface area (Å²) in [7, 11) is 0. The number of hydrogen-bond acceptors (Lipinski definition) is 7. The van der Waals surface area contributed by atoms with E-state index in [9.17, 15) is 14.4 Å². The Morgan fingerprint density at radius 2 is 1.50 bits per heavy atom. The minimum atomic E-state index is -1.26. The van der Waals surface area contributed by atoms with Gasteiger partial charge >= 0.3 is 11.9 Å². The fourth-order valence-corrected chi connectivity index (χ4v) is 5.34. The molecule has 0 spiro atoms. The standard InChI is InChI=1S/C28H30N4OS.C4H4O4/c33-26(27-13-7-21-34-27)14-16-32-25-12-5-4-11-24(25)29-28(32)22-31-19-17-30(18-20-31)15-6-10-23-8-2-1-3-9-23;5-3(6)1-2-4(7)8/h1-13,21H,14-20,22H2;1-2H,(H,5,6)(H,7,8)/b10-6+;2-1-. The highest BCUT2D eigenvalue weighted by molar-refractivity contribution is 7.12. The van der Waals surface area contributed by atoms with E-state index in [2.05, 4.69) is 62.9 Å². The van der Waals surface area contributed by atoms with Gasteiger partial charge in [-0.2, -0.15) is 0 Å². The highest BCUT2D eigenvalue weighted by Crippen LogP contribution is 2.20. The number of benzene rings is 2. The third-order valence-corrected chi connectivity index (χ3v) is 7.67. The van der Waals surface area contributed by atoms with Gasteiger partial charge in [0.05, 0.1) is 22.5 Å². The minimum Gasteiger partial charge on any atom is -0.478 e. The summed E-state index contributed by atoms with van der Waals surface area (Å²) in [6.07, 6.45) is 6.07. The first-order valence-corrected chi connectivity index (χ1v) is 14.6. The summed E-state index contributed by atoms with van der Waals surface area (Å²) < 4.78 is 2.25. The molecule has 1 aliphatic rings. The molecule has 0 radical (unpaired) electrons. The quantitative estimate of drug-likeness (QED) is 0.188. The van der Waals surface area contributed by atoms with Gasteiger partial charge in [-0.1, -0.05) is 60.7 Å². The molecule has 42 heavy (non-hydrogen) atoms. The van der Waals surface area contributed by atoms with Gasteiger partial charge < -0.3 is 14.8 Å². The number of fused-ring (bicyclic) bond motifs is 1. The van der Waals surface area contributed by atoms with Crippen LogP contribution >= 0.6 is 11.3 Å². The second kappa shape index (κ2) is 15.6. The molecule has 0 unspecified atom stereocenters. The first-order chi connectivity index (χ1) is 20.4. The fraction of sp³-hybridized carbons (Fsp3) is 0.250. The smallest absolute Gasteiger partial charge is 0.328 e. The van der Waals surface area contributed by atoms with Gasteiger partial charge in [0.15, 0.2) is 5.78 Å². The molecule has 3 heterocycles. The van der Waals surface area contributed by atoms with E-state index in [4.69, 9.17) is 15.2 Å². The number of Topliss-reactive ketones (excluding diaryl/α,β-unsaturated/α-hetero) is 1. The molecule has 0 atom stereocenters. The Labute approximate surface area is 248 Å². The second-order valence-electron chi connectivity index (χ2n) is 9.72. The summed E-state index contributed by atoms with van der Waals surface area (Å²) in [5.41, 5.74) is 3.37. The van der Waals surface area contributed by atoms with Crippen molar-refractivity contribution in [1.82, 2.24) is 19.4 Å². The number of carboxylic acid groups (broad SMARTS) is 2. The van der Waals surface area contributed by atoms with E-state index in [0.717, 1.165) is 61.0 Å². The van der Waals surface area contributed by atoms with E-state index in [1.165, 1.54) is 16.9 Å². The molecule has 0 amide bonds. The normalized spacial score (nSPS) is 14.3. The third kappa shape index (κ3) is 9.34. The molecule has 10 heteroatoms. The van der Waals surface area contributed by atoms with Crippen LogP contribution in [0.1, 0.15) is 27.5 Å². The van der Waals surface area contributed by atoms with Crippen LogP contribution in [0.15, 0.2) is 90.3 Å². The monoisotopic (exact) mass is 586 g/mol. The number of thiophene rings is 1. The van der Waals surface area contributed by atoms with E-state index in [1.54, 1.807) is 0 Å². The average Bonchev–Trinajstić information content (AvgIpc) is 3.65. The summed E-state index contributed by atoms with van der Waals surface area (Å²) in [6, 6.07) is 22.6. The van der Waals surface area contributed by atoms with Crippen molar-refractivity contribution in [1.29, 1.82) is 0 Å². The lowest BCUT2D eigenvalue weighted by Crippen LogP contribution is -2.46. The minimum absolute atomic E-state index is 0.205. The van der Waals surface area contributed by atoms with E-state index in [0.29, 0.717) is 25.1 Å². The number of carbonyl (C=O) groups is 3. The third-order valence-electron chi connectivity index (χ3n) is 6.76. The molecule has 1 fully saturated rings. The van der Waals surface area contributed by atoms with Crippen LogP contribution in [0.5, 0.6) is 0 Å². The SMILES string of the molecule is O=C(CCn1c(CN2CCN(C/C=C/c3ccccc3)CC2)nc2ccccc21)c1cccs1.O=C(O)/C=C\C(=O)O. The number of carboxylic acids is 2. The van der Waals surface area contributed by atoms with Crippen molar-refractivity contribution in [2.45, 2.75) is 19.5 Å². The van der Waals surface area contributed by atoms with Crippen molar-refractivity contribution in [3.8, 4) is 0 Å². The number of para-hydroxylation sites is 2. The summed E-state index contributed by atoms with van der Waals surface area (Å²) in [5, 5.41) is 17.6. The van der Waals surface area contributed by atoms with Crippen LogP contribution in [-0.2, 0) is 22.7 Å². The molecule has 2 N–H and O–H groups in total. The summed E-state index contributed by atoms with van der Waals surface area (Å²) in [4.78, 5) is 42.5. The zero-order chi connectivity index (χ0) is 29.7. The average molecular weight is 587 g/mol. The van der Waals surface area contributed by atoms with Crippen molar-refractivity contribution in [2.75, 3.05) is 32.7 Å². The van der Waals surface area contributed by atoms with E-state index in [1.807, 2.05) is 35.7 Å². The van der Waals surface area contributed by atoms with Crippen molar-refractivity contribution >= 4 is 46.2 Å². The fourth-order valence-electron chi connectivity index (χ4n) is 4.64. The van der Waals surface area contributed by atoms with Crippen molar-refractivity contribution in [3.05, 3.63) is 107 Å². The van der Waals surface area contributed by atoms with Crippen LogP contribution in [0.3, 0.4) is 0 Å². The molecule has 1 saturated heterocycles. The Kier molecular flexibility index (Phi) is 11.3. The number of nitrogens with zero attached hydrogens (tertiary/aromatic N) is 4. The van der Waals surface area contributed by atoms with Crippen molar-refractivity contribution < 1.29 is 24.6 Å². The summed E-state index contributed by atoms with van der Waals surface area (Å²) in [6.45, 7) is 6.61. The zero-order valence-electron chi connectivity index (χ0n) is 23.2. The molecule has 5 rings (SSSR count). The van der Waals surface area contributed by atoms with E-state index >= 15 is 0 Å². The second-order valence-corrected chi connectivity index (χ2v) is 10.7. The van der Waals surface area contributed by atoms with Gasteiger partial charge in [0.2, 0.25) is 0 Å². The van der Waals surface area contributed by atoms with E-state index < -0.39 is 11.9 Å². The Morgan fingerprint density at radius 1 is 0.833 bits per heavy atom. The Balaban J connectivity index is 0.000000446. The van der Waals surface area contributed by atoms with Gasteiger partial charge in [-0.05, 0) is 29.1 Å². The molecule has 2 aromatic heterocycles. The zero-order valence-corrected chi connectivity index (χ0v) is 24.0. The molecule has 2 aromatic carbocycles. The first kappa shape index (κ1) is 30.6. The maximum Gasteiger partial charge on any atom is 0.328 e. The van der Waals surface area contributed by atoms with Crippen LogP contribution in [-0.4, -0.2) is 80.0 Å². The van der Waals surface area contributed by atoms with Gasteiger partial charge in [-0.25, -0.2) is 14.6 Å². The number of carbonyl (C=O) groups excluding carboxylic acids is 1. The van der Waals surface area contributed by atoms with Gasteiger partial charge in [-0.15, -0.1) is 11.3 Å². The van der Waals surface area contributed by atoms with Gasteiger partial charge in [0, 0.05) is 57.8 Å². The van der Waals surface area contributed by atoms with Crippen LogP contribution in [0.2, 0.25) is 0 Å². The lowest BCUT2D eigenvalue weighted by Gasteiger charge is -2.34. The number of aryl methyl sites for hydroxylation is 1. The van der Waals surface area contributed by atoms with Gasteiger partial charge in [0.1, 0.15) is 5.82 Å². The van der Waals surface area contributed by atoms with Crippen LogP contribution < -0.4 is 0 Å². The van der Waals surface area contributed by atoms with Gasteiger partial charge in [0.25, 0.3) is 0 Å². The number of aliphatic carboxylic acids is 2. The molecule has 218 valence electrons. The predicted molar refractivity (Wildman–Crippen MR) is 165 cm³/mol. The molecule has 9 nitrogen and oxygen atoms in total. The Hall–Kier alpha value is -4.38. The Morgan fingerprint density at radius 3 is 2.17 bits per heavy atom. The number of imidazole rings is 1. The van der Waals surface area contributed by atoms with Crippen LogP contribution in [0.25, 0.3) is 17.1 Å².